The van der Waals surface area contributed by atoms with Crippen LogP contribution >= 0.6 is 23.2 Å². The van der Waals surface area contributed by atoms with Gasteiger partial charge in [-0.25, -0.2) is 18.9 Å². The third-order valence-electron chi connectivity index (χ3n) is 6.90. The lowest BCUT2D eigenvalue weighted by molar-refractivity contribution is -0.131. The number of hydrogen-bond donors (Lipinski definition) is 1. The number of fused-ring (bicyclic) bond motifs is 1. The molecule has 0 bridgehead atoms. The summed E-state index contributed by atoms with van der Waals surface area (Å²) in [5.41, 5.74) is 7.99. The molecule has 9 nitrogen and oxygen atoms in total. The number of nitrogens with two attached hydrogens (primary N) is 1. The first kappa shape index (κ1) is 24.3. The number of primary amides is 1. The van der Waals surface area contributed by atoms with Gasteiger partial charge in [-0.1, -0.05) is 54.4 Å². The van der Waals surface area contributed by atoms with Crippen molar-refractivity contribution in [2.24, 2.45) is 12.8 Å². The zero-order valence-corrected chi connectivity index (χ0v) is 21.6. The van der Waals surface area contributed by atoms with Gasteiger partial charge in [0.25, 0.3) is 0 Å². The van der Waals surface area contributed by atoms with E-state index in [0.29, 0.717) is 52.5 Å². The molecule has 1 amide bonds. The molecule has 0 radical (unpaired) electrons. The maximum atomic E-state index is 13.3. The highest BCUT2D eigenvalue weighted by Gasteiger charge is 2.52. The molecule has 3 heterocycles. The Bertz CT molecular complexity index is 1520. The number of anilines is 1. The molecule has 0 aliphatic carbocycles. The Kier molecular flexibility index (Phi) is 6.02. The van der Waals surface area contributed by atoms with E-state index in [2.05, 4.69) is 5.10 Å². The van der Waals surface area contributed by atoms with Crippen LogP contribution in [0.1, 0.15) is 6.92 Å². The number of carbonyl (C=O) groups excluding carboxylic acids is 1. The number of benzene rings is 2. The van der Waals surface area contributed by atoms with Gasteiger partial charge in [0, 0.05) is 22.7 Å². The van der Waals surface area contributed by atoms with E-state index in [4.69, 9.17) is 33.9 Å². The lowest BCUT2D eigenvalue weighted by atomic mass is 9.87. The number of aromatic nitrogens is 4. The predicted molar refractivity (Wildman–Crippen MR) is 142 cm³/mol. The van der Waals surface area contributed by atoms with E-state index in [1.807, 2.05) is 48.0 Å². The Morgan fingerprint density at radius 2 is 1.61 bits per heavy atom. The first-order valence-corrected chi connectivity index (χ1v) is 12.2. The van der Waals surface area contributed by atoms with E-state index in [0.717, 1.165) is 11.1 Å². The Morgan fingerprint density at radius 3 is 2.14 bits per heavy atom. The predicted octanol–water partition coefficient (Wildman–Crippen LogP) is 3.06. The maximum Gasteiger partial charge on any atom is 0.352 e. The van der Waals surface area contributed by atoms with Crippen molar-refractivity contribution in [2.75, 3.05) is 31.6 Å². The number of hydrogen-bond acceptors (Lipinski definition) is 6. The summed E-state index contributed by atoms with van der Waals surface area (Å²) in [7, 11) is 3.46. The number of likely N-dealkylation sites (N-methyl/N-ethyl adjacent to an activating group) is 1. The number of aryl methyl sites for hydroxylation is 1. The van der Waals surface area contributed by atoms with Crippen molar-refractivity contribution in [2.45, 2.75) is 12.5 Å². The highest BCUT2D eigenvalue weighted by molar-refractivity contribution is 6.31. The average molecular weight is 526 g/mol. The largest absolute Gasteiger partial charge is 0.368 e. The number of nitrogens with zero attached hydrogens (tertiary/aromatic N) is 6. The summed E-state index contributed by atoms with van der Waals surface area (Å²) in [5.74, 6) is -0.0132. The van der Waals surface area contributed by atoms with Crippen LogP contribution in [0.4, 0.5) is 5.95 Å². The molecule has 1 aliphatic rings. The molecule has 36 heavy (non-hydrogen) atoms. The van der Waals surface area contributed by atoms with Crippen molar-refractivity contribution in [1.82, 2.24) is 24.1 Å². The van der Waals surface area contributed by atoms with Crippen LogP contribution in [0.2, 0.25) is 10.0 Å². The molecule has 0 saturated carbocycles. The Labute approximate surface area is 217 Å². The first-order valence-electron chi connectivity index (χ1n) is 11.4. The second-order valence-corrected chi connectivity index (χ2v) is 9.85. The van der Waals surface area contributed by atoms with Crippen LogP contribution in [-0.2, 0) is 11.8 Å². The molecule has 0 unspecified atom stereocenters. The third-order valence-corrected chi connectivity index (χ3v) is 7.40. The highest BCUT2D eigenvalue weighted by atomic mass is 35.5. The summed E-state index contributed by atoms with van der Waals surface area (Å²) in [5, 5.41) is 5.77. The van der Waals surface area contributed by atoms with Crippen molar-refractivity contribution >= 4 is 40.7 Å². The van der Waals surface area contributed by atoms with Gasteiger partial charge in [0.05, 0.1) is 24.3 Å². The molecular weight excluding hydrogens is 501 g/mol. The molecule has 2 aromatic carbocycles. The van der Waals surface area contributed by atoms with Gasteiger partial charge in [0.15, 0.2) is 5.65 Å². The zero-order valence-electron chi connectivity index (χ0n) is 20.1. The van der Waals surface area contributed by atoms with Crippen molar-refractivity contribution < 1.29 is 4.79 Å². The average Bonchev–Trinajstić information content (AvgIpc) is 3.13. The number of halogens is 2. The molecule has 5 rings (SSSR count). The van der Waals surface area contributed by atoms with E-state index < -0.39 is 11.4 Å². The molecular formula is C25H25Cl2N7O2. The van der Waals surface area contributed by atoms with Gasteiger partial charge in [-0.05, 0) is 43.4 Å². The van der Waals surface area contributed by atoms with Gasteiger partial charge in [-0.15, -0.1) is 5.10 Å². The van der Waals surface area contributed by atoms with Gasteiger partial charge >= 0.3 is 5.69 Å². The van der Waals surface area contributed by atoms with Crippen molar-refractivity contribution in [3.63, 3.8) is 0 Å². The second-order valence-electron chi connectivity index (χ2n) is 8.98. The summed E-state index contributed by atoms with van der Waals surface area (Å²) < 4.78 is 2.77. The lowest BCUT2D eigenvalue weighted by Gasteiger charge is -2.52. The van der Waals surface area contributed by atoms with E-state index in [9.17, 15) is 9.59 Å². The Morgan fingerprint density at radius 1 is 1.06 bits per heavy atom. The Balaban J connectivity index is 1.77. The summed E-state index contributed by atoms with van der Waals surface area (Å²) in [6, 6.07) is 14.6. The smallest absolute Gasteiger partial charge is 0.352 e. The van der Waals surface area contributed by atoms with E-state index in [-0.39, 0.29) is 5.69 Å². The van der Waals surface area contributed by atoms with Crippen molar-refractivity contribution in [3.05, 3.63) is 69.1 Å². The number of carbonyl (C=O) groups is 1. The highest BCUT2D eigenvalue weighted by Crippen LogP contribution is 2.38. The third kappa shape index (κ3) is 3.75. The lowest BCUT2D eigenvalue weighted by Crippen LogP contribution is -2.75. The Hall–Kier alpha value is -3.40. The maximum absolute atomic E-state index is 13.3. The van der Waals surface area contributed by atoms with Crippen LogP contribution in [0.5, 0.6) is 0 Å². The monoisotopic (exact) mass is 525 g/mol. The summed E-state index contributed by atoms with van der Waals surface area (Å²) in [6.45, 7) is 3.22. The first-order chi connectivity index (χ1) is 17.2. The summed E-state index contributed by atoms with van der Waals surface area (Å²) in [6.07, 6.45) is 0. The van der Waals surface area contributed by atoms with E-state index in [1.165, 1.54) is 9.08 Å². The van der Waals surface area contributed by atoms with Gasteiger partial charge in [-0.3, -0.25) is 9.69 Å². The molecule has 11 heteroatoms. The molecule has 1 aliphatic heterocycles. The van der Waals surface area contributed by atoms with Crippen LogP contribution in [0, 0.1) is 0 Å². The van der Waals surface area contributed by atoms with Gasteiger partial charge < -0.3 is 10.6 Å². The minimum Gasteiger partial charge on any atom is -0.368 e. The van der Waals surface area contributed by atoms with E-state index >= 15 is 0 Å². The van der Waals surface area contributed by atoms with Crippen LogP contribution < -0.4 is 16.3 Å². The molecule has 1 saturated heterocycles. The fourth-order valence-corrected chi connectivity index (χ4v) is 4.90. The van der Waals surface area contributed by atoms with Crippen LogP contribution in [0.3, 0.4) is 0 Å². The topological polar surface area (TPSA) is 102 Å². The normalized spacial score (nSPS) is 14.9. The number of rotatable bonds is 6. The molecule has 2 aromatic heterocycles. The molecule has 2 N–H and O–H groups in total. The fraction of sp³-hybridized carbons (Fsp3) is 0.280. The van der Waals surface area contributed by atoms with Crippen molar-refractivity contribution in [1.29, 1.82) is 0 Å². The van der Waals surface area contributed by atoms with Crippen molar-refractivity contribution in [3.8, 4) is 22.4 Å². The molecule has 186 valence electrons. The molecule has 1 fully saturated rings. The molecule has 0 atom stereocenters. The molecule has 0 spiro atoms. The van der Waals surface area contributed by atoms with Crippen LogP contribution in [0.25, 0.3) is 28.0 Å². The minimum absolute atomic E-state index is 0.302. The number of amides is 1. The second kappa shape index (κ2) is 8.92. The molecule has 4 aromatic rings. The van der Waals surface area contributed by atoms with E-state index in [1.54, 1.807) is 31.3 Å². The fourth-order valence-electron chi connectivity index (χ4n) is 4.64. The van der Waals surface area contributed by atoms with Gasteiger partial charge in [0.1, 0.15) is 5.54 Å². The van der Waals surface area contributed by atoms with Crippen LogP contribution in [-0.4, -0.2) is 62.2 Å². The van der Waals surface area contributed by atoms with Gasteiger partial charge in [-0.2, -0.15) is 0 Å². The summed E-state index contributed by atoms with van der Waals surface area (Å²) >= 11 is 12.3. The van der Waals surface area contributed by atoms with Crippen LogP contribution in [0.15, 0.2) is 53.3 Å². The SMILES string of the molecule is CCN(C)C1(C(N)=O)CN(c2nc(-c3ccc(Cl)cc3)c(-c3ccc(Cl)cc3)c3nn(C)c(=O)n23)C1. The quantitative estimate of drug-likeness (QED) is 0.415. The van der Waals surface area contributed by atoms with Gasteiger partial charge in [0.2, 0.25) is 11.9 Å². The zero-order chi connectivity index (χ0) is 25.8. The minimum atomic E-state index is -0.843. The summed E-state index contributed by atoms with van der Waals surface area (Å²) in [4.78, 5) is 34.5. The standard InChI is InChI=1S/C25H25Cl2N7O2/c1-4-31(2)25(22(28)35)13-33(14-25)23-29-20(16-7-11-18(27)12-8-16)19(15-5-9-17(26)10-6-15)21-30-32(3)24(36)34(21)23/h5-12H,4,13-14H2,1-3H3,(H2,28,35).